The number of benzene rings is 1. The molecule has 0 aliphatic heterocycles. The SMILES string of the molecule is CCOC1CC(CC(Cc2ccc(OC)c(F)c2)NC)C1. The minimum Gasteiger partial charge on any atom is -0.494 e. The Morgan fingerprint density at radius 3 is 2.71 bits per heavy atom. The molecule has 0 heterocycles. The highest BCUT2D eigenvalue weighted by atomic mass is 19.1. The lowest BCUT2D eigenvalue weighted by atomic mass is 9.77. The molecule has 0 spiro atoms. The predicted molar refractivity (Wildman–Crippen MR) is 82.3 cm³/mol. The number of hydrogen-bond donors (Lipinski definition) is 1. The van der Waals surface area contributed by atoms with Crippen LogP contribution in [-0.4, -0.2) is 32.9 Å². The van der Waals surface area contributed by atoms with Gasteiger partial charge in [-0.25, -0.2) is 4.39 Å². The average Bonchev–Trinajstić information content (AvgIpc) is 2.44. The van der Waals surface area contributed by atoms with Gasteiger partial charge in [0.25, 0.3) is 0 Å². The second-order valence-electron chi connectivity index (χ2n) is 5.81. The van der Waals surface area contributed by atoms with Gasteiger partial charge in [-0.2, -0.15) is 0 Å². The molecule has 1 saturated carbocycles. The quantitative estimate of drug-likeness (QED) is 0.799. The fraction of sp³-hybridized carbons (Fsp3) is 0.647. The lowest BCUT2D eigenvalue weighted by molar-refractivity contribution is -0.0288. The van der Waals surface area contributed by atoms with Gasteiger partial charge in [0.2, 0.25) is 0 Å². The first-order chi connectivity index (χ1) is 10.2. The first-order valence-electron chi connectivity index (χ1n) is 7.77. The summed E-state index contributed by atoms with van der Waals surface area (Å²) in [6, 6.07) is 5.60. The zero-order valence-electron chi connectivity index (χ0n) is 13.2. The standard InChI is InChI=1S/C17H26FNO2/c1-4-21-15-9-13(10-15)8-14(19-2)7-12-5-6-17(20-3)16(18)11-12/h5-6,11,13-15,19H,4,7-10H2,1-3H3. The van der Waals surface area contributed by atoms with Gasteiger partial charge in [0.1, 0.15) is 0 Å². The van der Waals surface area contributed by atoms with Crippen molar-refractivity contribution >= 4 is 0 Å². The molecule has 118 valence electrons. The van der Waals surface area contributed by atoms with Gasteiger partial charge in [0.05, 0.1) is 13.2 Å². The van der Waals surface area contributed by atoms with Gasteiger partial charge in [0.15, 0.2) is 11.6 Å². The van der Waals surface area contributed by atoms with E-state index in [9.17, 15) is 4.39 Å². The van der Waals surface area contributed by atoms with E-state index in [1.54, 1.807) is 12.1 Å². The van der Waals surface area contributed by atoms with Crippen molar-refractivity contribution < 1.29 is 13.9 Å². The molecular weight excluding hydrogens is 269 g/mol. The Hall–Kier alpha value is -1.13. The molecule has 1 fully saturated rings. The molecule has 0 amide bonds. The largest absolute Gasteiger partial charge is 0.494 e. The molecule has 0 bridgehead atoms. The van der Waals surface area contributed by atoms with Gasteiger partial charge >= 0.3 is 0 Å². The van der Waals surface area contributed by atoms with Crippen LogP contribution in [0.4, 0.5) is 4.39 Å². The molecule has 4 heteroatoms. The van der Waals surface area contributed by atoms with E-state index in [1.807, 2.05) is 20.0 Å². The van der Waals surface area contributed by atoms with Crippen LogP contribution in [0.1, 0.15) is 31.7 Å². The van der Waals surface area contributed by atoms with Crippen molar-refractivity contribution in [2.45, 2.75) is 44.8 Å². The van der Waals surface area contributed by atoms with Crippen molar-refractivity contribution in [3.05, 3.63) is 29.6 Å². The van der Waals surface area contributed by atoms with Crippen LogP contribution in [0, 0.1) is 11.7 Å². The Morgan fingerprint density at radius 1 is 1.38 bits per heavy atom. The number of rotatable bonds is 8. The summed E-state index contributed by atoms with van der Waals surface area (Å²) < 4.78 is 24.3. The van der Waals surface area contributed by atoms with Crippen LogP contribution in [0.15, 0.2) is 18.2 Å². The summed E-state index contributed by atoms with van der Waals surface area (Å²) in [5.41, 5.74) is 1.01. The second kappa shape index (κ2) is 7.76. The lowest BCUT2D eigenvalue weighted by Gasteiger charge is -2.37. The lowest BCUT2D eigenvalue weighted by Crippen LogP contribution is -2.38. The van der Waals surface area contributed by atoms with Gasteiger partial charge in [-0.15, -0.1) is 0 Å². The highest BCUT2D eigenvalue weighted by molar-refractivity contribution is 5.29. The smallest absolute Gasteiger partial charge is 0.165 e. The molecule has 1 atom stereocenters. The van der Waals surface area contributed by atoms with E-state index in [1.165, 1.54) is 7.11 Å². The zero-order chi connectivity index (χ0) is 15.2. The van der Waals surface area contributed by atoms with Crippen molar-refractivity contribution in [3.8, 4) is 5.75 Å². The van der Waals surface area contributed by atoms with Gasteiger partial charge in [0, 0.05) is 12.6 Å². The fourth-order valence-corrected chi connectivity index (χ4v) is 3.07. The minimum absolute atomic E-state index is 0.287. The summed E-state index contributed by atoms with van der Waals surface area (Å²) >= 11 is 0. The molecule has 0 radical (unpaired) electrons. The van der Waals surface area contributed by atoms with Crippen molar-refractivity contribution in [2.75, 3.05) is 20.8 Å². The molecule has 1 aliphatic carbocycles. The minimum atomic E-state index is -0.287. The van der Waals surface area contributed by atoms with E-state index in [-0.39, 0.29) is 5.82 Å². The predicted octanol–water partition coefficient (Wildman–Crippen LogP) is 3.17. The van der Waals surface area contributed by atoms with Gasteiger partial charge in [-0.1, -0.05) is 6.07 Å². The first-order valence-corrected chi connectivity index (χ1v) is 7.77. The van der Waals surface area contributed by atoms with Crippen LogP contribution >= 0.6 is 0 Å². The molecule has 3 nitrogen and oxygen atoms in total. The molecule has 2 rings (SSSR count). The van der Waals surface area contributed by atoms with E-state index >= 15 is 0 Å². The van der Waals surface area contributed by atoms with Gasteiger partial charge in [-0.3, -0.25) is 0 Å². The Labute approximate surface area is 126 Å². The number of likely N-dealkylation sites (N-methyl/N-ethyl adjacent to an activating group) is 1. The molecule has 1 aromatic rings. The van der Waals surface area contributed by atoms with E-state index in [0.29, 0.717) is 17.9 Å². The highest BCUT2D eigenvalue weighted by Crippen LogP contribution is 2.34. The third-order valence-corrected chi connectivity index (χ3v) is 4.32. The number of ether oxygens (including phenoxy) is 2. The van der Waals surface area contributed by atoms with Crippen LogP contribution in [0.3, 0.4) is 0 Å². The maximum atomic E-state index is 13.7. The van der Waals surface area contributed by atoms with E-state index < -0.39 is 0 Å². The number of methoxy groups -OCH3 is 1. The third kappa shape index (κ3) is 4.42. The molecule has 0 saturated heterocycles. The van der Waals surface area contributed by atoms with Gasteiger partial charge < -0.3 is 14.8 Å². The molecule has 1 aliphatic rings. The van der Waals surface area contributed by atoms with Crippen LogP contribution in [0.25, 0.3) is 0 Å². The first kappa shape index (κ1) is 16.2. The molecule has 1 N–H and O–H groups in total. The third-order valence-electron chi connectivity index (χ3n) is 4.32. The van der Waals surface area contributed by atoms with E-state index in [2.05, 4.69) is 5.32 Å². The maximum Gasteiger partial charge on any atom is 0.165 e. The molecule has 1 unspecified atom stereocenters. The van der Waals surface area contributed by atoms with Crippen molar-refractivity contribution in [3.63, 3.8) is 0 Å². The number of hydrogen-bond acceptors (Lipinski definition) is 3. The Kier molecular flexibility index (Phi) is 6.00. The van der Waals surface area contributed by atoms with E-state index in [4.69, 9.17) is 9.47 Å². The summed E-state index contributed by atoms with van der Waals surface area (Å²) in [7, 11) is 3.46. The van der Waals surface area contributed by atoms with Crippen LogP contribution in [0.2, 0.25) is 0 Å². The second-order valence-corrected chi connectivity index (χ2v) is 5.81. The molecule has 0 aromatic heterocycles. The van der Waals surface area contributed by atoms with Crippen molar-refractivity contribution in [1.29, 1.82) is 0 Å². The topological polar surface area (TPSA) is 30.5 Å². The summed E-state index contributed by atoms with van der Waals surface area (Å²) in [5.74, 6) is 0.741. The maximum absolute atomic E-state index is 13.7. The van der Waals surface area contributed by atoms with Crippen LogP contribution in [-0.2, 0) is 11.2 Å². The number of halogens is 1. The average molecular weight is 295 g/mol. The molecular formula is C17H26FNO2. The Bertz CT molecular complexity index is 446. The zero-order valence-corrected chi connectivity index (χ0v) is 13.2. The van der Waals surface area contributed by atoms with Crippen LogP contribution in [0.5, 0.6) is 5.75 Å². The normalized spacial score (nSPS) is 22.7. The summed E-state index contributed by atoms with van der Waals surface area (Å²) in [6.07, 6.45) is 4.73. The van der Waals surface area contributed by atoms with Crippen molar-refractivity contribution in [1.82, 2.24) is 5.32 Å². The summed E-state index contributed by atoms with van der Waals surface area (Å²) in [6.45, 7) is 2.85. The molecule has 1 aromatic carbocycles. The van der Waals surface area contributed by atoms with Gasteiger partial charge in [-0.05, 0) is 63.3 Å². The van der Waals surface area contributed by atoms with E-state index in [0.717, 1.165) is 43.8 Å². The number of nitrogens with one attached hydrogen (secondary N) is 1. The Balaban J connectivity index is 1.84. The Morgan fingerprint density at radius 2 is 2.14 bits per heavy atom. The fourth-order valence-electron chi connectivity index (χ4n) is 3.07. The monoisotopic (exact) mass is 295 g/mol. The highest BCUT2D eigenvalue weighted by Gasteiger charge is 2.31. The van der Waals surface area contributed by atoms with Crippen molar-refractivity contribution in [2.24, 2.45) is 5.92 Å². The summed E-state index contributed by atoms with van der Waals surface area (Å²) in [5, 5.41) is 3.35. The molecule has 21 heavy (non-hydrogen) atoms. The van der Waals surface area contributed by atoms with Crippen LogP contribution < -0.4 is 10.1 Å². The summed E-state index contributed by atoms with van der Waals surface area (Å²) in [4.78, 5) is 0.